The van der Waals surface area contributed by atoms with Crippen LogP contribution in [0.2, 0.25) is 0 Å². The summed E-state index contributed by atoms with van der Waals surface area (Å²) in [5.41, 5.74) is 2.54. The number of benzene rings is 1. The van der Waals surface area contributed by atoms with Gasteiger partial charge in [0.1, 0.15) is 5.69 Å². The van der Waals surface area contributed by atoms with Crippen molar-refractivity contribution >= 4 is 23.5 Å². The monoisotopic (exact) mass is 369 g/mol. The molecule has 0 spiro atoms. The second kappa shape index (κ2) is 7.65. The summed E-state index contributed by atoms with van der Waals surface area (Å²) >= 11 is 0. The van der Waals surface area contributed by atoms with E-state index in [0.717, 1.165) is 12.8 Å². The van der Waals surface area contributed by atoms with E-state index >= 15 is 0 Å². The standard InChI is InChI=1S/C20H23N3O4/c1-4-27-20(26)16-11(2)17(21-12(16)3)19(25)23-15-8-6-5-7-14(15)18(24)22-13-9-10-13/h5-8,13,21H,4,9-10H2,1-3H3,(H,22,24)(H,23,25). The minimum absolute atomic E-state index is 0.208. The van der Waals surface area contributed by atoms with Crippen LogP contribution in [0.15, 0.2) is 24.3 Å². The lowest BCUT2D eigenvalue weighted by atomic mass is 10.1. The average Bonchev–Trinajstić information content (AvgIpc) is 3.38. The molecule has 1 fully saturated rings. The van der Waals surface area contributed by atoms with Crippen LogP contribution in [0.3, 0.4) is 0 Å². The molecule has 1 saturated carbocycles. The van der Waals surface area contributed by atoms with Gasteiger partial charge in [0, 0.05) is 11.7 Å². The Balaban J connectivity index is 1.83. The number of rotatable bonds is 6. The summed E-state index contributed by atoms with van der Waals surface area (Å²) in [6.07, 6.45) is 1.97. The lowest BCUT2D eigenvalue weighted by Gasteiger charge is -2.11. The van der Waals surface area contributed by atoms with Crippen molar-refractivity contribution in [3.63, 3.8) is 0 Å². The molecule has 3 rings (SSSR count). The van der Waals surface area contributed by atoms with Crippen molar-refractivity contribution in [3.8, 4) is 0 Å². The van der Waals surface area contributed by atoms with E-state index in [0.29, 0.717) is 28.1 Å². The van der Waals surface area contributed by atoms with E-state index in [9.17, 15) is 14.4 Å². The first kappa shape index (κ1) is 18.7. The fourth-order valence-electron chi connectivity index (χ4n) is 2.95. The van der Waals surface area contributed by atoms with Gasteiger partial charge in [-0.15, -0.1) is 0 Å². The lowest BCUT2D eigenvalue weighted by Crippen LogP contribution is -2.27. The third-order valence-corrected chi connectivity index (χ3v) is 4.48. The molecule has 27 heavy (non-hydrogen) atoms. The van der Waals surface area contributed by atoms with Crippen molar-refractivity contribution in [1.29, 1.82) is 0 Å². The van der Waals surface area contributed by atoms with Crippen LogP contribution in [-0.4, -0.2) is 35.4 Å². The van der Waals surface area contributed by atoms with Crippen molar-refractivity contribution in [2.24, 2.45) is 0 Å². The third kappa shape index (κ3) is 4.02. The van der Waals surface area contributed by atoms with Crippen LogP contribution in [0.4, 0.5) is 5.69 Å². The van der Waals surface area contributed by atoms with E-state index in [1.165, 1.54) is 0 Å². The summed E-state index contributed by atoms with van der Waals surface area (Å²) < 4.78 is 5.05. The van der Waals surface area contributed by atoms with Crippen LogP contribution in [-0.2, 0) is 4.74 Å². The highest BCUT2D eigenvalue weighted by atomic mass is 16.5. The van der Waals surface area contributed by atoms with Crippen molar-refractivity contribution in [3.05, 3.63) is 52.3 Å². The minimum Gasteiger partial charge on any atom is -0.462 e. The Hall–Kier alpha value is -3.09. The van der Waals surface area contributed by atoms with Crippen LogP contribution < -0.4 is 10.6 Å². The second-order valence-corrected chi connectivity index (χ2v) is 6.59. The smallest absolute Gasteiger partial charge is 0.340 e. The van der Waals surface area contributed by atoms with E-state index in [1.54, 1.807) is 45.0 Å². The van der Waals surface area contributed by atoms with Gasteiger partial charge in [-0.3, -0.25) is 9.59 Å². The molecule has 0 atom stereocenters. The van der Waals surface area contributed by atoms with Crippen LogP contribution in [0.5, 0.6) is 0 Å². The lowest BCUT2D eigenvalue weighted by molar-refractivity contribution is 0.0524. The molecule has 0 bridgehead atoms. The number of nitrogens with one attached hydrogen (secondary N) is 3. The molecule has 1 aliphatic carbocycles. The predicted molar refractivity (Wildman–Crippen MR) is 101 cm³/mol. The highest BCUT2D eigenvalue weighted by Gasteiger charge is 2.26. The number of hydrogen-bond acceptors (Lipinski definition) is 4. The van der Waals surface area contributed by atoms with Gasteiger partial charge in [-0.25, -0.2) is 4.79 Å². The van der Waals surface area contributed by atoms with Gasteiger partial charge in [-0.05, 0) is 51.3 Å². The van der Waals surface area contributed by atoms with E-state index in [4.69, 9.17) is 4.74 Å². The highest BCUT2D eigenvalue weighted by Crippen LogP contribution is 2.23. The number of H-pyrrole nitrogens is 1. The average molecular weight is 369 g/mol. The van der Waals surface area contributed by atoms with Crippen molar-refractivity contribution in [1.82, 2.24) is 10.3 Å². The van der Waals surface area contributed by atoms with E-state index < -0.39 is 11.9 Å². The minimum atomic E-state index is -0.466. The Morgan fingerprint density at radius 2 is 1.85 bits per heavy atom. The Kier molecular flexibility index (Phi) is 5.30. The number of para-hydroxylation sites is 1. The number of ether oxygens (including phenoxy) is 1. The zero-order valence-electron chi connectivity index (χ0n) is 15.6. The highest BCUT2D eigenvalue weighted by molar-refractivity contribution is 6.10. The molecule has 0 aliphatic heterocycles. The third-order valence-electron chi connectivity index (χ3n) is 4.48. The molecule has 3 N–H and O–H groups in total. The Labute approximate surface area is 157 Å². The molecule has 2 amide bonds. The fraction of sp³-hybridized carbons (Fsp3) is 0.350. The number of aromatic amines is 1. The van der Waals surface area contributed by atoms with Crippen LogP contribution in [0.25, 0.3) is 0 Å². The molecular weight excluding hydrogens is 346 g/mol. The summed E-state index contributed by atoms with van der Waals surface area (Å²) in [5.74, 6) is -1.09. The molecule has 2 aromatic rings. The second-order valence-electron chi connectivity index (χ2n) is 6.59. The molecular formula is C20H23N3O4. The summed E-state index contributed by atoms with van der Waals surface area (Å²) in [6, 6.07) is 7.07. The first-order chi connectivity index (χ1) is 12.9. The number of hydrogen-bond donors (Lipinski definition) is 3. The number of carbonyl (C=O) groups is 3. The van der Waals surface area contributed by atoms with Gasteiger partial charge in [-0.1, -0.05) is 12.1 Å². The van der Waals surface area contributed by atoms with Crippen LogP contribution in [0.1, 0.15) is 62.2 Å². The van der Waals surface area contributed by atoms with E-state index in [1.807, 2.05) is 0 Å². The number of aromatic nitrogens is 1. The number of anilines is 1. The van der Waals surface area contributed by atoms with Crippen molar-refractivity contribution in [2.75, 3.05) is 11.9 Å². The van der Waals surface area contributed by atoms with E-state index in [2.05, 4.69) is 15.6 Å². The Bertz CT molecular complexity index is 897. The first-order valence-corrected chi connectivity index (χ1v) is 8.99. The molecule has 1 aromatic heterocycles. The van der Waals surface area contributed by atoms with Gasteiger partial charge in [0.25, 0.3) is 11.8 Å². The molecule has 1 aromatic carbocycles. The van der Waals surface area contributed by atoms with Gasteiger partial charge in [0.2, 0.25) is 0 Å². The normalized spacial score (nSPS) is 13.1. The summed E-state index contributed by atoms with van der Waals surface area (Å²) in [6.45, 7) is 5.39. The van der Waals surface area contributed by atoms with Gasteiger partial charge < -0.3 is 20.4 Å². The Morgan fingerprint density at radius 3 is 2.52 bits per heavy atom. The maximum atomic E-state index is 12.8. The molecule has 1 heterocycles. The van der Waals surface area contributed by atoms with Crippen LogP contribution >= 0.6 is 0 Å². The molecule has 0 saturated heterocycles. The van der Waals surface area contributed by atoms with Crippen molar-refractivity contribution < 1.29 is 19.1 Å². The number of aryl methyl sites for hydroxylation is 1. The van der Waals surface area contributed by atoms with Crippen molar-refractivity contribution in [2.45, 2.75) is 39.7 Å². The summed E-state index contributed by atoms with van der Waals surface area (Å²) in [5, 5.41) is 5.69. The summed E-state index contributed by atoms with van der Waals surface area (Å²) in [7, 11) is 0. The quantitative estimate of drug-likeness (QED) is 0.682. The van der Waals surface area contributed by atoms with Gasteiger partial charge in [-0.2, -0.15) is 0 Å². The maximum Gasteiger partial charge on any atom is 0.340 e. The molecule has 0 unspecified atom stereocenters. The van der Waals surface area contributed by atoms with Crippen LogP contribution in [0, 0.1) is 13.8 Å². The molecule has 0 radical (unpaired) electrons. The molecule has 7 nitrogen and oxygen atoms in total. The maximum absolute atomic E-state index is 12.8. The SMILES string of the molecule is CCOC(=O)c1c(C)[nH]c(C(=O)Nc2ccccc2C(=O)NC2CC2)c1C. The number of esters is 1. The first-order valence-electron chi connectivity index (χ1n) is 8.99. The van der Waals surface area contributed by atoms with E-state index in [-0.39, 0.29) is 24.2 Å². The molecule has 1 aliphatic rings. The van der Waals surface area contributed by atoms with Gasteiger partial charge in [0.05, 0.1) is 23.4 Å². The predicted octanol–water partition coefficient (Wildman–Crippen LogP) is 2.95. The number of carbonyl (C=O) groups excluding carboxylic acids is 3. The largest absolute Gasteiger partial charge is 0.462 e. The summed E-state index contributed by atoms with van der Waals surface area (Å²) in [4.78, 5) is 40.2. The van der Waals surface area contributed by atoms with Gasteiger partial charge >= 0.3 is 5.97 Å². The zero-order valence-corrected chi connectivity index (χ0v) is 15.6. The topological polar surface area (TPSA) is 100 Å². The van der Waals surface area contributed by atoms with Gasteiger partial charge in [0.15, 0.2) is 0 Å². The molecule has 7 heteroatoms. The fourth-order valence-corrected chi connectivity index (χ4v) is 2.95. The molecule has 142 valence electrons. The zero-order chi connectivity index (χ0) is 19.6. The Morgan fingerprint density at radius 1 is 1.15 bits per heavy atom. The number of amides is 2.